The molecule has 7 nitrogen and oxygen atoms in total. The highest BCUT2D eigenvalue weighted by molar-refractivity contribution is 6.51. The van der Waals surface area contributed by atoms with Crippen LogP contribution in [0.4, 0.5) is 5.69 Å². The lowest BCUT2D eigenvalue weighted by Gasteiger charge is -2.25. The zero-order valence-electron chi connectivity index (χ0n) is 17.9. The van der Waals surface area contributed by atoms with E-state index in [1.54, 1.807) is 48.8 Å². The topological polar surface area (TPSA) is 89.0 Å². The van der Waals surface area contributed by atoms with Gasteiger partial charge in [-0.2, -0.15) is 0 Å². The van der Waals surface area contributed by atoms with Crippen LogP contribution in [0.25, 0.3) is 5.76 Å². The number of aliphatic hydroxyl groups excluding tert-OH is 1. The van der Waals surface area contributed by atoms with Crippen LogP contribution in [0.5, 0.6) is 11.5 Å². The number of nitrogens with zero attached hydrogens (tertiary/aromatic N) is 2. The molecule has 0 aliphatic carbocycles. The number of anilines is 1. The Morgan fingerprint density at radius 2 is 1.75 bits per heavy atom. The Balaban J connectivity index is 1.96. The van der Waals surface area contributed by atoms with E-state index < -0.39 is 17.7 Å². The highest BCUT2D eigenvalue weighted by Gasteiger charge is 2.47. The fourth-order valence-electron chi connectivity index (χ4n) is 3.88. The number of carbonyl (C=O) groups is 2. The first-order valence-corrected chi connectivity index (χ1v) is 9.96. The van der Waals surface area contributed by atoms with Crippen LogP contribution in [0.15, 0.2) is 72.6 Å². The predicted molar refractivity (Wildman–Crippen MR) is 120 cm³/mol. The van der Waals surface area contributed by atoms with E-state index in [4.69, 9.17) is 9.47 Å². The maximum absolute atomic E-state index is 13.2. The second-order valence-corrected chi connectivity index (χ2v) is 7.35. The Kier molecular flexibility index (Phi) is 5.64. The summed E-state index contributed by atoms with van der Waals surface area (Å²) in [6, 6.07) is 14.8. The Morgan fingerprint density at radius 1 is 1.00 bits per heavy atom. The minimum atomic E-state index is -0.827. The molecule has 2 heterocycles. The van der Waals surface area contributed by atoms with Gasteiger partial charge in [-0.25, -0.2) is 0 Å². The van der Waals surface area contributed by atoms with Crippen molar-refractivity contribution in [3.05, 3.63) is 89.3 Å². The summed E-state index contributed by atoms with van der Waals surface area (Å²) in [5.41, 5.74) is 2.42. The molecule has 4 rings (SSSR count). The molecule has 1 saturated heterocycles. The van der Waals surface area contributed by atoms with Gasteiger partial charge in [0.1, 0.15) is 17.3 Å². The fourth-order valence-corrected chi connectivity index (χ4v) is 3.88. The van der Waals surface area contributed by atoms with E-state index in [-0.39, 0.29) is 16.9 Å². The van der Waals surface area contributed by atoms with E-state index in [9.17, 15) is 14.7 Å². The minimum Gasteiger partial charge on any atom is -0.507 e. The van der Waals surface area contributed by atoms with Crippen LogP contribution in [0.3, 0.4) is 0 Å². The quantitative estimate of drug-likeness (QED) is 0.373. The summed E-state index contributed by atoms with van der Waals surface area (Å²) in [5, 5.41) is 11.3. The highest BCUT2D eigenvalue weighted by Crippen LogP contribution is 2.43. The Morgan fingerprint density at radius 3 is 2.41 bits per heavy atom. The van der Waals surface area contributed by atoms with E-state index in [0.29, 0.717) is 22.7 Å². The smallest absolute Gasteiger partial charge is 0.300 e. The molecule has 1 aliphatic rings. The van der Waals surface area contributed by atoms with Crippen molar-refractivity contribution in [3.63, 3.8) is 0 Å². The predicted octanol–water partition coefficient (Wildman–Crippen LogP) is 4.03. The number of ketones is 1. The van der Waals surface area contributed by atoms with Crippen LogP contribution in [0.1, 0.15) is 22.7 Å². The second kappa shape index (κ2) is 8.55. The molecule has 2 aromatic carbocycles. The van der Waals surface area contributed by atoms with Gasteiger partial charge in [0.05, 0.1) is 31.4 Å². The van der Waals surface area contributed by atoms with Gasteiger partial charge in [-0.3, -0.25) is 19.5 Å². The van der Waals surface area contributed by atoms with Crippen molar-refractivity contribution in [2.45, 2.75) is 13.0 Å². The van der Waals surface area contributed by atoms with Gasteiger partial charge in [-0.1, -0.05) is 12.1 Å². The van der Waals surface area contributed by atoms with Gasteiger partial charge < -0.3 is 14.6 Å². The molecule has 1 aliphatic heterocycles. The number of ether oxygens (including phenoxy) is 2. The first kappa shape index (κ1) is 21.1. The molecule has 1 aromatic heterocycles. The number of rotatable bonds is 5. The number of hydrogen-bond donors (Lipinski definition) is 1. The fraction of sp³-hybridized carbons (Fsp3) is 0.160. The molecular weight excluding hydrogens is 408 g/mol. The Hall–Kier alpha value is -4.13. The van der Waals surface area contributed by atoms with Gasteiger partial charge >= 0.3 is 0 Å². The van der Waals surface area contributed by atoms with Crippen LogP contribution in [0, 0.1) is 6.92 Å². The SMILES string of the molecule is COc1ccc(/C(O)=C2/C(=O)C(=O)N(c3cccc(C)c3)C2c2ccncc2)c(OC)c1. The minimum absolute atomic E-state index is 0.0221. The molecule has 1 atom stereocenters. The Bertz CT molecular complexity index is 1220. The number of aryl methyl sites for hydroxylation is 1. The number of benzene rings is 2. The van der Waals surface area contributed by atoms with E-state index in [0.717, 1.165) is 5.56 Å². The van der Waals surface area contributed by atoms with Crippen molar-refractivity contribution in [3.8, 4) is 11.5 Å². The van der Waals surface area contributed by atoms with Gasteiger partial charge in [-0.15, -0.1) is 0 Å². The molecule has 0 radical (unpaired) electrons. The summed E-state index contributed by atoms with van der Waals surface area (Å²) >= 11 is 0. The van der Waals surface area contributed by atoms with Gasteiger partial charge in [0.25, 0.3) is 11.7 Å². The number of amides is 1. The third-order valence-corrected chi connectivity index (χ3v) is 5.41. The van der Waals surface area contributed by atoms with Crippen LogP contribution < -0.4 is 14.4 Å². The van der Waals surface area contributed by atoms with Crippen molar-refractivity contribution in [2.24, 2.45) is 0 Å². The average molecular weight is 430 g/mol. The maximum Gasteiger partial charge on any atom is 0.300 e. The molecule has 3 aromatic rings. The molecule has 7 heteroatoms. The molecule has 32 heavy (non-hydrogen) atoms. The van der Waals surface area contributed by atoms with Crippen molar-refractivity contribution in [1.82, 2.24) is 4.98 Å². The number of carbonyl (C=O) groups excluding carboxylic acids is 2. The van der Waals surface area contributed by atoms with Crippen molar-refractivity contribution < 1.29 is 24.2 Å². The van der Waals surface area contributed by atoms with Gasteiger partial charge in [-0.05, 0) is 54.4 Å². The van der Waals surface area contributed by atoms with Crippen LogP contribution in [-0.4, -0.2) is 36.0 Å². The number of hydrogen-bond acceptors (Lipinski definition) is 6. The first-order chi connectivity index (χ1) is 15.5. The summed E-state index contributed by atoms with van der Waals surface area (Å²) < 4.78 is 10.6. The largest absolute Gasteiger partial charge is 0.507 e. The van der Waals surface area contributed by atoms with Crippen LogP contribution >= 0.6 is 0 Å². The molecule has 1 unspecified atom stereocenters. The number of methoxy groups -OCH3 is 2. The number of Topliss-reactive ketones (excluding diaryl/α,β-unsaturated/α-hetero) is 1. The lowest BCUT2D eigenvalue weighted by atomic mass is 9.95. The summed E-state index contributed by atoms with van der Waals surface area (Å²) in [6.07, 6.45) is 3.17. The zero-order valence-corrected chi connectivity index (χ0v) is 17.9. The van der Waals surface area contributed by atoms with Crippen LogP contribution in [0.2, 0.25) is 0 Å². The molecule has 0 spiro atoms. The number of aromatic nitrogens is 1. The number of aliphatic hydroxyl groups is 1. The summed E-state index contributed by atoms with van der Waals surface area (Å²) in [7, 11) is 2.97. The summed E-state index contributed by atoms with van der Waals surface area (Å²) in [5.74, 6) is -0.962. The van der Waals surface area contributed by atoms with Crippen molar-refractivity contribution in [1.29, 1.82) is 0 Å². The van der Waals surface area contributed by atoms with E-state index >= 15 is 0 Å². The maximum atomic E-state index is 13.2. The third kappa shape index (κ3) is 3.58. The molecule has 0 bridgehead atoms. The first-order valence-electron chi connectivity index (χ1n) is 9.96. The normalized spacial score (nSPS) is 17.5. The van der Waals surface area contributed by atoms with Gasteiger partial charge in [0.2, 0.25) is 0 Å². The second-order valence-electron chi connectivity index (χ2n) is 7.35. The van der Waals surface area contributed by atoms with Crippen molar-refractivity contribution in [2.75, 3.05) is 19.1 Å². The monoisotopic (exact) mass is 430 g/mol. The van der Waals surface area contributed by atoms with Gasteiger partial charge in [0, 0.05) is 24.1 Å². The third-order valence-electron chi connectivity index (χ3n) is 5.41. The van der Waals surface area contributed by atoms with E-state index in [2.05, 4.69) is 4.98 Å². The molecular formula is C25H22N2O5. The molecule has 1 amide bonds. The molecule has 1 fully saturated rings. The van der Waals surface area contributed by atoms with Crippen molar-refractivity contribution >= 4 is 23.1 Å². The Labute approximate surface area is 185 Å². The number of pyridine rings is 1. The van der Waals surface area contributed by atoms with Crippen LogP contribution in [-0.2, 0) is 9.59 Å². The van der Waals surface area contributed by atoms with E-state index in [1.807, 2.05) is 25.1 Å². The average Bonchev–Trinajstić information content (AvgIpc) is 3.09. The summed E-state index contributed by atoms with van der Waals surface area (Å²) in [4.78, 5) is 31.8. The lowest BCUT2D eigenvalue weighted by Crippen LogP contribution is -2.29. The highest BCUT2D eigenvalue weighted by atomic mass is 16.5. The molecule has 162 valence electrons. The molecule has 0 saturated carbocycles. The van der Waals surface area contributed by atoms with E-state index in [1.165, 1.54) is 19.1 Å². The molecule has 1 N–H and O–H groups in total. The zero-order chi connectivity index (χ0) is 22.8. The lowest BCUT2D eigenvalue weighted by molar-refractivity contribution is -0.132. The standard InChI is InChI=1S/C25H22N2O5/c1-15-5-4-6-17(13-15)27-22(16-9-11-26-12-10-16)21(24(29)25(27)30)23(28)19-8-7-18(31-2)14-20(19)32-3/h4-14,22,28H,1-3H3/b23-21-. The summed E-state index contributed by atoms with van der Waals surface area (Å²) in [6.45, 7) is 1.91. The van der Waals surface area contributed by atoms with Gasteiger partial charge in [0.15, 0.2) is 0 Å².